The van der Waals surface area contributed by atoms with Crippen LogP contribution in [0.1, 0.15) is 55.7 Å². The normalized spacial score (nSPS) is 16.4. The zero-order valence-electron chi connectivity index (χ0n) is 17.3. The predicted molar refractivity (Wildman–Crippen MR) is 128 cm³/mol. The third-order valence-corrected chi connectivity index (χ3v) is 5.74. The van der Waals surface area contributed by atoms with E-state index in [0.29, 0.717) is 5.92 Å². The second kappa shape index (κ2) is 12.0. The fourth-order valence-corrected chi connectivity index (χ4v) is 4.13. The SMILES string of the molecule is Br.CCN(CC)CC=CCCC=C(c1ccccc1)C1CCc2ccccc21. The highest BCUT2D eigenvalue weighted by Crippen LogP contribution is 2.42. The van der Waals surface area contributed by atoms with Crippen LogP contribution < -0.4 is 0 Å². The summed E-state index contributed by atoms with van der Waals surface area (Å²) in [6.45, 7) is 7.77. The van der Waals surface area contributed by atoms with E-state index in [9.17, 15) is 0 Å². The first-order chi connectivity index (χ1) is 13.3. The van der Waals surface area contributed by atoms with E-state index in [1.54, 1.807) is 0 Å². The fourth-order valence-electron chi connectivity index (χ4n) is 4.13. The standard InChI is InChI=1S/C26H33N.BrH/c1-3-27(4-2)21-13-6-5-10-17-24(22-14-8-7-9-15-22)26-20-19-23-16-11-12-18-25(23)26;/h6-9,11-18,26H,3-5,10,19-21H2,1-2H3;1H. The number of hydrogen-bond acceptors (Lipinski definition) is 1. The number of halogens is 1. The molecule has 1 aliphatic rings. The van der Waals surface area contributed by atoms with Gasteiger partial charge in [0.25, 0.3) is 0 Å². The molecule has 1 aliphatic carbocycles. The Morgan fingerprint density at radius 2 is 1.64 bits per heavy atom. The average molecular weight is 440 g/mol. The van der Waals surface area contributed by atoms with Gasteiger partial charge in [0.05, 0.1) is 0 Å². The number of fused-ring (bicyclic) bond motifs is 1. The maximum atomic E-state index is 2.49. The van der Waals surface area contributed by atoms with Gasteiger partial charge in [0, 0.05) is 12.5 Å². The van der Waals surface area contributed by atoms with Gasteiger partial charge in [0.15, 0.2) is 0 Å². The molecule has 0 spiro atoms. The summed E-state index contributed by atoms with van der Waals surface area (Å²) in [5, 5.41) is 0. The summed E-state index contributed by atoms with van der Waals surface area (Å²) in [7, 11) is 0. The summed E-state index contributed by atoms with van der Waals surface area (Å²) >= 11 is 0. The van der Waals surface area contributed by atoms with Gasteiger partial charge in [0.2, 0.25) is 0 Å². The van der Waals surface area contributed by atoms with E-state index in [4.69, 9.17) is 0 Å². The summed E-state index contributed by atoms with van der Waals surface area (Å²) in [6.07, 6.45) is 11.8. The van der Waals surface area contributed by atoms with Crippen molar-refractivity contribution in [2.24, 2.45) is 0 Å². The quantitative estimate of drug-likeness (QED) is 0.298. The van der Waals surface area contributed by atoms with Crippen LogP contribution in [0.3, 0.4) is 0 Å². The molecular formula is C26H34BrN. The number of rotatable bonds is 9. The highest BCUT2D eigenvalue weighted by molar-refractivity contribution is 8.93. The zero-order valence-corrected chi connectivity index (χ0v) is 19.0. The molecule has 2 heteroatoms. The van der Waals surface area contributed by atoms with Crippen LogP contribution in [0, 0.1) is 0 Å². The molecule has 0 fully saturated rings. The number of likely N-dealkylation sites (N-methyl/N-ethyl adjacent to an activating group) is 1. The highest BCUT2D eigenvalue weighted by Gasteiger charge is 2.25. The molecule has 150 valence electrons. The second-order valence-electron chi connectivity index (χ2n) is 7.35. The molecule has 0 saturated heterocycles. The first-order valence-electron chi connectivity index (χ1n) is 10.5. The Morgan fingerprint density at radius 1 is 0.929 bits per heavy atom. The molecule has 1 nitrogen and oxygen atoms in total. The number of aryl methyl sites for hydroxylation is 1. The molecule has 0 heterocycles. The first kappa shape index (κ1) is 22.6. The summed E-state index contributed by atoms with van der Waals surface area (Å²) in [6, 6.07) is 20.0. The first-order valence-corrected chi connectivity index (χ1v) is 10.5. The molecule has 0 aromatic heterocycles. The third kappa shape index (κ3) is 5.93. The minimum atomic E-state index is 0. The highest BCUT2D eigenvalue weighted by atomic mass is 79.9. The number of nitrogens with zero attached hydrogens (tertiary/aromatic N) is 1. The monoisotopic (exact) mass is 439 g/mol. The molecule has 0 bridgehead atoms. The molecule has 0 radical (unpaired) electrons. The number of unbranched alkanes of at least 4 members (excludes halogenated alkanes) is 1. The minimum absolute atomic E-state index is 0. The van der Waals surface area contributed by atoms with Gasteiger partial charge in [0.1, 0.15) is 0 Å². The lowest BCUT2D eigenvalue weighted by Gasteiger charge is -2.17. The fraction of sp³-hybridized carbons (Fsp3) is 0.385. The topological polar surface area (TPSA) is 3.24 Å². The van der Waals surface area contributed by atoms with E-state index in [1.165, 1.54) is 35.1 Å². The maximum Gasteiger partial charge on any atom is 0.0162 e. The molecule has 1 unspecified atom stereocenters. The lowest BCUT2D eigenvalue weighted by Crippen LogP contribution is -2.22. The van der Waals surface area contributed by atoms with Crippen molar-refractivity contribution in [1.29, 1.82) is 0 Å². The van der Waals surface area contributed by atoms with Gasteiger partial charge in [-0.2, -0.15) is 0 Å². The molecular weight excluding hydrogens is 406 g/mol. The molecule has 2 aromatic rings. The van der Waals surface area contributed by atoms with Crippen molar-refractivity contribution in [3.63, 3.8) is 0 Å². The second-order valence-corrected chi connectivity index (χ2v) is 7.35. The molecule has 0 saturated carbocycles. The Balaban J connectivity index is 0.00000280. The Morgan fingerprint density at radius 3 is 2.39 bits per heavy atom. The maximum absolute atomic E-state index is 2.49. The van der Waals surface area contributed by atoms with Crippen molar-refractivity contribution in [2.45, 2.75) is 45.4 Å². The van der Waals surface area contributed by atoms with E-state index in [1.807, 2.05) is 0 Å². The molecule has 0 amide bonds. The van der Waals surface area contributed by atoms with Gasteiger partial charge in [-0.3, -0.25) is 0 Å². The lowest BCUT2D eigenvalue weighted by molar-refractivity contribution is 0.337. The Kier molecular flexibility index (Phi) is 9.73. The van der Waals surface area contributed by atoms with Gasteiger partial charge < -0.3 is 4.90 Å². The van der Waals surface area contributed by atoms with E-state index in [-0.39, 0.29) is 17.0 Å². The summed E-state index contributed by atoms with van der Waals surface area (Å²) in [4.78, 5) is 2.44. The number of allylic oxidation sites excluding steroid dienone is 3. The molecule has 1 atom stereocenters. The van der Waals surface area contributed by atoms with Crippen LogP contribution in [-0.4, -0.2) is 24.5 Å². The molecule has 0 aliphatic heterocycles. The summed E-state index contributed by atoms with van der Waals surface area (Å²) in [5.41, 5.74) is 5.96. The average Bonchev–Trinajstić information content (AvgIpc) is 3.15. The molecule has 28 heavy (non-hydrogen) atoms. The van der Waals surface area contributed by atoms with Crippen LogP contribution in [0.2, 0.25) is 0 Å². The number of benzene rings is 2. The van der Waals surface area contributed by atoms with Crippen LogP contribution in [0.5, 0.6) is 0 Å². The largest absolute Gasteiger partial charge is 0.300 e. The van der Waals surface area contributed by atoms with Crippen molar-refractivity contribution in [1.82, 2.24) is 4.90 Å². The number of hydrogen-bond donors (Lipinski definition) is 0. The Labute approximate surface area is 181 Å². The molecule has 2 aromatic carbocycles. The van der Waals surface area contributed by atoms with Crippen LogP contribution in [0.4, 0.5) is 0 Å². The van der Waals surface area contributed by atoms with Crippen molar-refractivity contribution in [3.8, 4) is 0 Å². The lowest BCUT2D eigenvalue weighted by atomic mass is 9.87. The molecule has 3 rings (SSSR count). The van der Waals surface area contributed by atoms with Gasteiger partial charge >= 0.3 is 0 Å². The van der Waals surface area contributed by atoms with Gasteiger partial charge in [-0.05, 0) is 61.0 Å². The van der Waals surface area contributed by atoms with Gasteiger partial charge in [-0.25, -0.2) is 0 Å². The van der Waals surface area contributed by atoms with Gasteiger partial charge in [-0.15, -0.1) is 17.0 Å². The zero-order chi connectivity index (χ0) is 18.9. The van der Waals surface area contributed by atoms with Crippen LogP contribution in [0.15, 0.2) is 72.8 Å². The van der Waals surface area contributed by atoms with Crippen LogP contribution in [0.25, 0.3) is 5.57 Å². The van der Waals surface area contributed by atoms with Crippen molar-refractivity contribution >= 4 is 22.6 Å². The van der Waals surface area contributed by atoms with E-state index >= 15 is 0 Å². The summed E-state index contributed by atoms with van der Waals surface area (Å²) < 4.78 is 0. The molecule has 0 N–H and O–H groups in total. The van der Waals surface area contributed by atoms with E-state index < -0.39 is 0 Å². The van der Waals surface area contributed by atoms with Crippen molar-refractivity contribution in [3.05, 3.63) is 89.5 Å². The van der Waals surface area contributed by atoms with E-state index in [2.05, 4.69) is 91.6 Å². The van der Waals surface area contributed by atoms with Gasteiger partial charge in [-0.1, -0.05) is 86.7 Å². The van der Waals surface area contributed by atoms with Crippen molar-refractivity contribution in [2.75, 3.05) is 19.6 Å². The Hall–Kier alpha value is -1.64. The third-order valence-electron chi connectivity index (χ3n) is 5.74. The Bertz CT molecular complexity index is 759. The van der Waals surface area contributed by atoms with Crippen molar-refractivity contribution < 1.29 is 0 Å². The minimum Gasteiger partial charge on any atom is -0.300 e. The summed E-state index contributed by atoms with van der Waals surface area (Å²) in [5.74, 6) is 0.545. The predicted octanol–water partition coefficient (Wildman–Crippen LogP) is 7.06. The van der Waals surface area contributed by atoms with Crippen LogP contribution >= 0.6 is 17.0 Å². The smallest absolute Gasteiger partial charge is 0.0162 e. The van der Waals surface area contributed by atoms with Crippen LogP contribution in [-0.2, 0) is 6.42 Å². The van der Waals surface area contributed by atoms with E-state index in [0.717, 1.165) is 32.5 Å².